The molecule has 0 aromatic heterocycles. The topological polar surface area (TPSA) is 117 Å². The highest BCUT2D eigenvalue weighted by atomic mass is 16.5. The standard InChI is InChI=1S/C21H20N2O5/c22-11-13(24)9-10-19(20(25)26)23-21(27)28-12-18-16-7-3-1-5-14(16)15-6-2-4-8-17(15)18/h1-8,11,18-19,22H,9-10,12H2,(H,23,27)(H,25,26)/t19-/m0/s1. The van der Waals surface area contributed by atoms with Gasteiger partial charge >= 0.3 is 12.1 Å². The highest BCUT2D eigenvalue weighted by Crippen LogP contribution is 2.44. The Bertz CT molecular complexity index is 879. The van der Waals surface area contributed by atoms with E-state index in [-0.39, 0.29) is 25.4 Å². The molecule has 0 saturated carbocycles. The molecule has 0 radical (unpaired) electrons. The summed E-state index contributed by atoms with van der Waals surface area (Å²) >= 11 is 0. The number of hydrogen-bond donors (Lipinski definition) is 3. The molecule has 0 spiro atoms. The van der Waals surface area contributed by atoms with Crippen molar-refractivity contribution in [3.63, 3.8) is 0 Å². The van der Waals surface area contributed by atoms with Crippen LogP contribution in [-0.4, -0.2) is 41.8 Å². The Kier molecular flexibility index (Phi) is 5.84. The third-order valence-electron chi connectivity index (χ3n) is 4.77. The molecule has 2 aromatic carbocycles. The summed E-state index contributed by atoms with van der Waals surface area (Å²) in [5.74, 6) is -1.88. The molecule has 7 nitrogen and oxygen atoms in total. The van der Waals surface area contributed by atoms with Crippen LogP contribution in [0.4, 0.5) is 4.79 Å². The first kappa shape index (κ1) is 19.3. The Balaban J connectivity index is 1.65. The maximum absolute atomic E-state index is 12.1. The predicted molar refractivity (Wildman–Crippen MR) is 103 cm³/mol. The smallest absolute Gasteiger partial charge is 0.407 e. The fourth-order valence-electron chi connectivity index (χ4n) is 3.40. The molecule has 1 atom stereocenters. The van der Waals surface area contributed by atoms with E-state index in [1.54, 1.807) is 0 Å². The van der Waals surface area contributed by atoms with Gasteiger partial charge in [-0.15, -0.1) is 0 Å². The van der Waals surface area contributed by atoms with Gasteiger partial charge < -0.3 is 20.6 Å². The van der Waals surface area contributed by atoms with Crippen LogP contribution in [-0.2, 0) is 14.3 Å². The van der Waals surface area contributed by atoms with Gasteiger partial charge in [-0.1, -0.05) is 48.5 Å². The van der Waals surface area contributed by atoms with E-state index in [1.165, 1.54) is 0 Å². The first-order chi connectivity index (χ1) is 13.5. The number of benzene rings is 2. The lowest BCUT2D eigenvalue weighted by atomic mass is 9.98. The largest absolute Gasteiger partial charge is 0.480 e. The van der Waals surface area contributed by atoms with Gasteiger partial charge in [0.25, 0.3) is 0 Å². The van der Waals surface area contributed by atoms with Crippen molar-refractivity contribution in [1.82, 2.24) is 5.32 Å². The van der Waals surface area contributed by atoms with Crippen molar-refractivity contribution in [3.05, 3.63) is 59.7 Å². The number of rotatable bonds is 8. The lowest BCUT2D eigenvalue weighted by molar-refractivity contribution is -0.139. The maximum Gasteiger partial charge on any atom is 0.407 e. The molecule has 1 aliphatic rings. The van der Waals surface area contributed by atoms with Crippen molar-refractivity contribution in [1.29, 1.82) is 5.41 Å². The van der Waals surface area contributed by atoms with Crippen molar-refractivity contribution in [2.45, 2.75) is 24.8 Å². The van der Waals surface area contributed by atoms with Crippen molar-refractivity contribution < 1.29 is 24.2 Å². The third kappa shape index (κ3) is 4.09. The predicted octanol–water partition coefficient (Wildman–Crippen LogP) is 2.98. The molecule has 1 amide bonds. The maximum atomic E-state index is 12.1. The second-order valence-corrected chi connectivity index (χ2v) is 6.51. The van der Waals surface area contributed by atoms with Crippen LogP contribution < -0.4 is 5.32 Å². The second kappa shape index (κ2) is 8.47. The molecule has 1 aliphatic carbocycles. The van der Waals surface area contributed by atoms with Gasteiger partial charge in [0.05, 0.1) is 6.21 Å². The van der Waals surface area contributed by atoms with Crippen molar-refractivity contribution in [2.75, 3.05) is 6.61 Å². The molecule has 7 heteroatoms. The number of amides is 1. The van der Waals surface area contributed by atoms with E-state index in [2.05, 4.69) is 5.32 Å². The number of fused-ring (bicyclic) bond motifs is 3. The Morgan fingerprint density at radius 3 is 2.18 bits per heavy atom. The van der Waals surface area contributed by atoms with Crippen LogP contribution in [0.2, 0.25) is 0 Å². The number of carbonyl (C=O) groups is 3. The van der Waals surface area contributed by atoms with Gasteiger partial charge in [-0.25, -0.2) is 9.59 Å². The van der Waals surface area contributed by atoms with E-state index in [1.807, 2.05) is 48.5 Å². The Morgan fingerprint density at radius 2 is 1.64 bits per heavy atom. The van der Waals surface area contributed by atoms with Gasteiger partial charge in [-0.3, -0.25) is 4.79 Å². The molecule has 144 valence electrons. The quantitative estimate of drug-likeness (QED) is 0.609. The molecule has 0 unspecified atom stereocenters. The van der Waals surface area contributed by atoms with Crippen LogP contribution in [0.15, 0.2) is 48.5 Å². The zero-order valence-corrected chi connectivity index (χ0v) is 15.1. The summed E-state index contributed by atoms with van der Waals surface area (Å²) in [6, 6.07) is 14.5. The van der Waals surface area contributed by atoms with E-state index in [0.29, 0.717) is 6.21 Å². The number of Topliss-reactive ketones (excluding diaryl/α,β-unsaturated/α-hetero) is 1. The number of carboxylic acid groups (broad SMARTS) is 1. The van der Waals surface area contributed by atoms with Gasteiger partial charge in [-0.05, 0) is 28.7 Å². The van der Waals surface area contributed by atoms with Crippen LogP contribution in [0.25, 0.3) is 11.1 Å². The average Bonchev–Trinajstić information content (AvgIpc) is 3.03. The molecule has 0 aliphatic heterocycles. The average molecular weight is 380 g/mol. The summed E-state index contributed by atoms with van der Waals surface area (Å²) in [6.07, 6.45) is -0.457. The van der Waals surface area contributed by atoms with E-state index < -0.39 is 23.9 Å². The molecule has 3 N–H and O–H groups in total. The molecule has 0 bridgehead atoms. The number of alkyl carbamates (subject to hydrolysis) is 1. The summed E-state index contributed by atoms with van der Waals surface area (Å²) in [6.45, 7) is 0.0750. The third-order valence-corrected chi connectivity index (χ3v) is 4.77. The minimum absolute atomic E-state index is 0.0750. The Labute approximate surface area is 161 Å². The lowest BCUT2D eigenvalue weighted by Gasteiger charge is -2.17. The minimum atomic E-state index is -1.26. The van der Waals surface area contributed by atoms with Crippen LogP contribution in [0.3, 0.4) is 0 Å². The van der Waals surface area contributed by atoms with Crippen molar-refractivity contribution >= 4 is 24.1 Å². The fourth-order valence-corrected chi connectivity index (χ4v) is 3.40. The zero-order chi connectivity index (χ0) is 20.1. The first-order valence-corrected chi connectivity index (χ1v) is 8.89. The van der Waals surface area contributed by atoms with E-state index in [9.17, 15) is 19.5 Å². The van der Waals surface area contributed by atoms with Crippen LogP contribution in [0.1, 0.15) is 29.9 Å². The number of hydrogen-bond acceptors (Lipinski definition) is 5. The number of aliphatic carboxylic acids is 1. The van der Waals surface area contributed by atoms with E-state index >= 15 is 0 Å². The van der Waals surface area contributed by atoms with Crippen LogP contribution in [0.5, 0.6) is 0 Å². The molecule has 0 saturated heterocycles. The molecule has 28 heavy (non-hydrogen) atoms. The number of ketones is 1. The van der Waals surface area contributed by atoms with Gasteiger partial charge in [0.15, 0.2) is 5.78 Å². The van der Waals surface area contributed by atoms with Crippen molar-refractivity contribution in [2.24, 2.45) is 0 Å². The number of nitrogens with one attached hydrogen (secondary N) is 2. The number of ether oxygens (including phenoxy) is 1. The molecular formula is C21H20N2O5. The minimum Gasteiger partial charge on any atom is -0.480 e. The molecule has 0 fully saturated rings. The summed E-state index contributed by atoms with van der Waals surface area (Å²) < 4.78 is 5.31. The summed E-state index contributed by atoms with van der Waals surface area (Å²) in [7, 11) is 0. The highest BCUT2D eigenvalue weighted by molar-refractivity contribution is 6.26. The summed E-state index contributed by atoms with van der Waals surface area (Å²) in [4.78, 5) is 34.6. The fraction of sp³-hybridized carbons (Fsp3) is 0.238. The number of carboxylic acids is 1. The van der Waals surface area contributed by atoms with Crippen LogP contribution >= 0.6 is 0 Å². The van der Waals surface area contributed by atoms with Crippen molar-refractivity contribution in [3.8, 4) is 11.1 Å². The Morgan fingerprint density at radius 1 is 1.07 bits per heavy atom. The van der Waals surface area contributed by atoms with Gasteiger partial charge in [-0.2, -0.15) is 0 Å². The SMILES string of the molecule is N=CC(=O)CC[C@H](NC(=O)OCC1c2ccccc2-c2ccccc21)C(=O)O. The van der Waals surface area contributed by atoms with E-state index in [4.69, 9.17) is 10.1 Å². The van der Waals surface area contributed by atoms with E-state index in [0.717, 1.165) is 22.3 Å². The lowest BCUT2D eigenvalue weighted by Crippen LogP contribution is -2.41. The summed E-state index contributed by atoms with van der Waals surface area (Å²) in [5, 5.41) is 18.3. The monoisotopic (exact) mass is 380 g/mol. The highest BCUT2D eigenvalue weighted by Gasteiger charge is 2.29. The molecule has 2 aromatic rings. The molecular weight excluding hydrogens is 360 g/mol. The van der Waals surface area contributed by atoms with Gasteiger partial charge in [0.1, 0.15) is 12.6 Å². The first-order valence-electron chi connectivity index (χ1n) is 8.89. The molecule has 3 rings (SSSR count). The second-order valence-electron chi connectivity index (χ2n) is 6.51. The summed E-state index contributed by atoms with van der Waals surface area (Å²) in [5.41, 5.74) is 4.31. The normalized spacial score (nSPS) is 13.1. The van der Waals surface area contributed by atoms with Gasteiger partial charge in [0, 0.05) is 12.3 Å². The Hall–Kier alpha value is -3.48. The van der Waals surface area contributed by atoms with Crippen LogP contribution in [0, 0.1) is 5.41 Å². The zero-order valence-electron chi connectivity index (χ0n) is 15.1. The van der Waals surface area contributed by atoms with Gasteiger partial charge in [0.2, 0.25) is 0 Å². The molecule has 0 heterocycles. The number of carbonyl (C=O) groups excluding carboxylic acids is 2.